The van der Waals surface area contributed by atoms with Gasteiger partial charge in [0.15, 0.2) is 0 Å². The van der Waals surface area contributed by atoms with Gasteiger partial charge in [0.1, 0.15) is 11.6 Å². The molecule has 2 fully saturated rings. The van der Waals surface area contributed by atoms with E-state index in [1.54, 1.807) is 11.8 Å². The average molecular weight is 376 g/mol. The van der Waals surface area contributed by atoms with E-state index < -0.39 is 5.91 Å². The summed E-state index contributed by atoms with van der Waals surface area (Å²) in [6.07, 6.45) is 5.26. The Morgan fingerprint density at radius 1 is 1.37 bits per heavy atom. The molecule has 2 rings (SSSR count). The standard InChI is InChI=1S/C19H28N4O4/c1-2-27-19(26)15-6-3-9-22(13-15)14-16(12-20)18(25)21-8-5-11-23-10-4-7-17(23)24/h14-15H,2-11,13H2,1H3,(H,21,25)/b16-14-. The summed E-state index contributed by atoms with van der Waals surface area (Å²) in [5.74, 6) is -0.713. The van der Waals surface area contributed by atoms with Crippen molar-refractivity contribution < 1.29 is 19.1 Å². The highest BCUT2D eigenvalue weighted by molar-refractivity contribution is 5.97. The molecule has 8 nitrogen and oxygen atoms in total. The first-order chi connectivity index (χ1) is 13.0. The number of hydrogen-bond donors (Lipinski definition) is 1. The predicted molar refractivity (Wildman–Crippen MR) is 98.1 cm³/mol. The monoisotopic (exact) mass is 376 g/mol. The number of nitrogens with zero attached hydrogens (tertiary/aromatic N) is 3. The molecule has 0 aliphatic carbocycles. The summed E-state index contributed by atoms with van der Waals surface area (Å²) in [6.45, 7) is 5.09. The van der Waals surface area contributed by atoms with E-state index in [1.807, 2.05) is 11.0 Å². The van der Waals surface area contributed by atoms with Gasteiger partial charge < -0.3 is 19.9 Å². The Hall–Kier alpha value is -2.56. The minimum Gasteiger partial charge on any atom is -0.466 e. The van der Waals surface area contributed by atoms with Gasteiger partial charge in [0.05, 0.1) is 12.5 Å². The second-order valence-corrected chi connectivity index (χ2v) is 6.83. The lowest BCUT2D eigenvalue weighted by atomic mass is 9.98. The highest BCUT2D eigenvalue weighted by atomic mass is 16.5. The minimum atomic E-state index is -0.427. The van der Waals surface area contributed by atoms with E-state index in [9.17, 15) is 19.6 Å². The first kappa shape index (κ1) is 20.7. The van der Waals surface area contributed by atoms with E-state index in [0.717, 1.165) is 25.8 Å². The van der Waals surface area contributed by atoms with Crippen molar-refractivity contribution in [2.75, 3.05) is 39.3 Å². The van der Waals surface area contributed by atoms with Crippen LogP contribution in [0.25, 0.3) is 0 Å². The number of rotatable bonds is 8. The number of carbonyl (C=O) groups excluding carboxylic acids is 3. The molecule has 0 aromatic rings. The lowest BCUT2D eigenvalue weighted by Crippen LogP contribution is -2.37. The fourth-order valence-corrected chi connectivity index (χ4v) is 3.40. The van der Waals surface area contributed by atoms with Gasteiger partial charge in [-0.05, 0) is 32.6 Å². The molecule has 2 amide bonds. The number of nitrogens with one attached hydrogen (secondary N) is 1. The Labute approximate surface area is 160 Å². The van der Waals surface area contributed by atoms with Gasteiger partial charge in [-0.3, -0.25) is 14.4 Å². The van der Waals surface area contributed by atoms with E-state index in [4.69, 9.17) is 4.74 Å². The van der Waals surface area contributed by atoms with Crippen molar-refractivity contribution in [3.8, 4) is 6.07 Å². The normalized spacial score (nSPS) is 20.4. The molecule has 8 heteroatoms. The van der Waals surface area contributed by atoms with Crippen LogP contribution in [0.5, 0.6) is 0 Å². The van der Waals surface area contributed by atoms with Crippen LogP contribution >= 0.6 is 0 Å². The summed E-state index contributed by atoms with van der Waals surface area (Å²) in [5, 5.41) is 12.0. The van der Waals surface area contributed by atoms with Gasteiger partial charge in [-0.25, -0.2) is 0 Å². The first-order valence-corrected chi connectivity index (χ1v) is 9.63. The zero-order chi connectivity index (χ0) is 19.6. The van der Waals surface area contributed by atoms with E-state index in [-0.39, 0.29) is 23.4 Å². The van der Waals surface area contributed by atoms with Crippen molar-refractivity contribution in [3.63, 3.8) is 0 Å². The third kappa shape index (κ3) is 6.27. The predicted octanol–water partition coefficient (Wildman–Crippen LogP) is 0.798. The van der Waals surface area contributed by atoms with Crippen molar-refractivity contribution in [1.29, 1.82) is 5.26 Å². The van der Waals surface area contributed by atoms with Crippen LogP contribution in [0, 0.1) is 17.2 Å². The quantitative estimate of drug-likeness (QED) is 0.291. The second-order valence-electron chi connectivity index (χ2n) is 6.83. The van der Waals surface area contributed by atoms with Crippen LogP contribution in [0.15, 0.2) is 11.8 Å². The Morgan fingerprint density at radius 3 is 2.85 bits per heavy atom. The molecule has 0 spiro atoms. The Balaban J connectivity index is 1.79. The van der Waals surface area contributed by atoms with Gasteiger partial charge in [0.25, 0.3) is 5.91 Å². The van der Waals surface area contributed by atoms with Crippen LogP contribution in [0.1, 0.15) is 39.0 Å². The van der Waals surface area contributed by atoms with Gasteiger partial charge in [-0.2, -0.15) is 5.26 Å². The number of nitriles is 1. The lowest BCUT2D eigenvalue weighted by Gasteiger charge is -2.30. The molecule has 148 valence electrons. The molecule has 0 aromatic heterocycles. The maximum Gasteiger partial charge on any atom is 0.310 e. The zero-order valence-corrected chi connectivity index (χ0v) is 15.9. The molecule has 0 radical (unpaired) electrons. The Kier molecular flexibility index (Phi) is 8.11. The van der Waals surface area contributed by atoms with Crippen molar-refractivity contribution in [1.82, 2.24) is 15.1 Å². The molecular weight excluding hydrogens is 348 g/mol. The van der Waals surface area contributed by atoms with E-state index in [0.29, 0.717) is 45.6 Å². The summed E-state index contributed by atoms with van der Waals surface area (Å²) < 4.78 is 5.07. The number of hydrogen-bond acceptors (Lipinski definition) is 6. The van der Waals surface area contributed by atoms with Crippen molar-refractivity contribution in [3.05, 3.63) is 11.8 Å². The van der Waals surface area contributed by atoms with Gasteiger partial charge in [-0.15, -0.1) is 0 Å². The number of likely N-dealkylation sites (tertiary alicyclic amines) is 2. The molecule has 2 aliphatic heterocycles. The molecule has 0 bridgehead atoms. The van der Waals surface area contributed by atoms with E-state index in [1.165, 1.54) is 6.20 Å². The molecule has 2 aliphatic rings. The molecule has 0 aromatic carbocycles. The maximum absolute atomic E-state index is 12.2. The van der Waals surface area contributed by atoms with Crippen LogP contribution in [0.2, 0.25) is 0 Å². The van der Waals surface area contributed by atoms with Crippen molar-refractivity contribution in [2.24, 2.45) is 5.92 Å². The fourth-order valence-electron chi connectivity index (χ4n) is 3.40. The van der Waals surface area contributed by atoms with Gasteiger partial charge in [0.2, 0.25) is 5.91 Å². The average Bonchev–Trinajstić information content (AvgIpc) is 3.08. The van der Waals surface area contributed by atoms with Crippen LogP contribution in [-0.4, -0.2) is 66.9 Å². The van der Waals surface area contributed by atoms with Gasteiger partial charge >= 0.3 is 5.97 Å². The zero-order valence-electron chi connectivity index (χ0n) is 15.9. The Bertz CT molecular complexity index is 626. The molecule has 2 heterocycles. The number of ether oxygens (including phenoxy) is 1. The summed E-state index contributed by atoms with van der Waals surface area (Å²) >= 11 is 0. The summed E-state index contributed by atoms with van der Waals surface area (Å²) in [4.78, 5) is 39.3. The Morgan fingerprint density at radius 2 is 2.19 bits per heavy atom. The highest BCUT2D eigenvalue weighted by Crippen LogP contribution is 2.19. The molecule has 1 atom stereocenters. The summed E-state index contributed by atoms with van der Waals surface area (Å²) in [6, 6.07) is 1.93. The van der Waals surface area contributed by atoms with Crippen LogP contribution in [0.3, 0.4) is 0 Å². The second kappa shape index (κ2) is 10.6. The van der Waals surface area contributed by atoms with Crippen LogP contribution in [-0.2, 0) is 19.1 Å². The molecule has 2 saturated heterocycles. The molecule has 1 N–H and O–H groups in total. The van der Waals surface area contributed by atoms with E-state index >= 15 is 0 Å². The number of piperidine rings is 1. The third-order valence-corrected chi connectivity index (χ3v) is 4.81. The van der Waals surface area contributed by atoms with Crippen molar-refractivity contribution in [2.45, 2.75) is 39.0 Å². The fraction of sp³-hybridized carbons (Fsp3) is 0.684. The van der Waals surface area contributed by atoms with Crippen LogP contribution < -0.4 is 5.32 Å². The number of carbonyl (C=O) groups is 3. The van der Waals surface area contributed by atoms with E-state index in [2.05, 4.69) is 5.32 Å². The number of amides is 2. The van der Waals surface area contributed by atoms with Crippen LogP contribution in [0.4, 0.5) is 0 Å². The molecule has 1 unspecified atom stereocenters. The van der Waals surface area contributed by atoms with Gasteiger partial charge in [0, 0.05) is 45.3 Å². The molecule has 0 saturated carbocycles. The lowest BCUT2D eigenvalue weighted by molar-refractivity contribution is -0.149. The van der Waals surface area contributed by atoms with Crippen molar-refractivity contribution >= 4 is 17.8 Å². The largest absolute Gasteiger partial charge is 0.466 e. The van der Waals surface area contributed by atoms with Gasteiger partial charge in [-0.1, -0.05) is 0 Å². The maximum atomic E-state index is 12.2. The first-order valence-electron chi connectivity index (χ1n) is 9.63. The summed E-state index contributed by atoms with van der Waals surface area (Å²) in [7, 11) is 0. The molecular formula is C19H28N4O4. The highest BCUT2D eigenvalue weighted by Gasteiger charge is 2.26. The SMILES string of the molecule is CCOC(=O)C1CCCN(/C=C(/C#N)C(=O)NCCCN2CCCC2=O)C1. The summed E-state index contributed by atoms with van der Waals surface area (Å²) in [5.41, 5.74) is 0.0248. The molecule has 27 heavy (non-hydrogen) atoms. The third-order valence-electron chi connectivity index (χ3n) is 4.81. The topological polar surface area (TPSA) is 103 Å². The number of esters is 1. The minimum absolute atomic E-state index is 0.0248. The smallest absolute Gasteiger partial charge is 0.310 e.